The normalized spacial score (nSPS) is 12.7. The fourth-order valence-corrected chi connectivity index (χ4v) is 4.09. The lowest BCUT2D eigenvalue weighted by atomic mass is 9.98. The van der Waals surface area contributed by atoms with Crippen LogP contribution in [-0.2, 0) is 16.6 Å². The number of aryl methyl sites for hydroxylation is 1. The number of ether oxygens (including phenoxy) is 1. The predicted octanol–water partition coefficient (Wildman–Crippen LogP) is 2.99. The summed E-state index contributed by atoms with van der Waals surface area (Å²) >= 11 is 0. The average Bonchev–Trinajstić information content (AvgIpc) is 3.34. The molecule has 1 unspecified atom stereocenters. The number of hydrogen-bond acceptors (Lipinski definition) is 5. The minimum absolute atomic E-state index is 0.0308. The summed E-state index contributed by atoms with van der Waals surface area (Å²) in [5.41, 5.74) is 4.42. The van der Waals surface area contributed by atoms with E-state index in [1.54, 1.807) is 0 Å². The van der Waals surface area contributed by atoms with Crippen molar-refractivity contribution in [1.82, 2.24) is 15.1 Å². The molecule has 34 heavy (non-hydrogen) atoms. The van der Waals surface area contributed by atoms with Gasteiger partial charge >= 0.3 is 12.1 Å². The van der Waals surface area contributed by atoms with E-state index in [0.717, 1.165) is 22.3 Å². The number of fused-ring (bicyclic) bond motifs is 3. The molecule has 172 valence electrons. The zero-order chi connectivity index (χ0) is 24.2. The van der Waals surface area contributed by atoms with Crippen LogP contribution in [0.25, 0.3) is 11.1 Å². The van der Waals surface area contributed by atoms with E-state index in [-0.39, 0.29) is 30.3 Å². The fourth-order valence-electron chi connectivity index (χ4n) is 4.09. The van der Waals surface area contributed by atoms with Gasteiger partial charge in [0, 0.05) is 19.4 Å². The summed E-state index contributed by atoms with van der Waals surface area (Å²) in [5, 5.41) is 18.1. The summed E-state index contributed by atoms with van der Waals surface area (Å²) in [6, 6.07) is 14.7. The van der Waals surface area contributed by atoms with Crippen molar-refractivity contribution in [3.05, 3.63) is 71.5 Å². The molecule has 1 aliphatic carbocycles. The summed E-state index contributed by atoms with van der Waals surface area (Å²) in [5.74, 6) is 0.0917. The summed E-state index contributed by atoms with van der Waals surface area (Å²) in [7, 11) is 1.49. The van der Waals surface area contributed by atoms with Gasteiger partial charge in [-0.15, -0.1) is 12.3 Å². The van der Waals surface area contributed by atoms with Crippen molar-refractivity contribution in [2.75, 3.05) is 11.9 Å². The van der Waals surface area contributed by atoms with Gasteiger partial charge in [-0.2, -0.15) is 5.10 Å². The smallest absolute Gasteiger partial charge is 0.411 e. The third-order valence-electron chi connectivity index (χ3n) is 5.66. The highest BCUT2D eigenvalue weighted by Gasteiger charge is 2.29. The Bertz CT molecular complexity index is 1260. The lowest BCUT2D eigenvalue weighted by Crippen LogP contribution is -2.41. The van der Waals surface area contributed by atoms with Crippen LogP contribution < -0.4 is 10.6 Å². The van der Waals surface area contributed by atoms with Crippen molar-refractivity contribution in [3.8, 4) is 23.5 Å². The standard InChI is InChI=1S/C25H22N4O5/c1-3-8-20(24(31)32)27-23(30)22-21(13-26-29(22)2)28-25(33)34-14-19-17-11-6-4-9-15(17)16-10-5-7-12-18(16)19/h1,4-7,9-13,19-20H,8,14H2,2H3,(H,27,30)(H,28,33)(H,31,32). The number of rotatable bonds is 7. The molecule has 0 bridgehead atoms. The number of terminal acetylenes is 1. The van der Waals surface area contributed by atoms with Gasteiger partial charge in [0.25, 0.3) is 5.91 Å². The Hall–Kier alpha value is -4.58. The van der Waals surface area contributed by atoms with Gasteiger partial charge < -0.3 is 15.2 Å². The molecule has 1 heterocycles. The second-order valence-electron chi connectivity index (χ2n) is 7.75. The molecule has 0 saturated heterocycles. The van der Waals surface area contributed by atoms with Crippen molar-refractivity contribution in [3.63, 3.8) is 0 Å². The molecule has 0 radical (unpaired) electrons. The number of carbonyl (C=O) groups excluding carboxylic acids is 2. The van der Waals surface area contributed by atoms with E-state index in [0.29, 0.717) is 0 Å². The highest BCUT2D eigenvalue weighted by Crippen LogP contribution is 2.44. The highest BCUT2D eigenvalue weighted by atomic mass is 16.5. The highest BCUT2D eigenvalue weighted by molar-refractivity contribution is 6.02. The second-order valence-corrected chi connectivity index (χ2v) is 7.75. The van der Waals surface area contributed by atoms with E-state index in [9.17, 15) is 19.5 Å². The Morgan fingerprint density at radius 2 is 1.76 bits per heavy atom. The van der Waals surface area contributed by atoms with Crippen molar-refractivity contribution in [2.24, 2.45) is 7.05 Å². The number of hydrogen-bond donors (Lipinski definition) is 3. The zero-order valence-corrected chi connectivity index (χ0v) is 18.3. The number of aromatic nitrogens is 2. The third kappa shape index (κ3) is 4.34. The quantitative estimate of drug-likeness (QED) is 0.468. The number of carbonyl (C=O) groups is 3. The average molecular weight is 458 g/mol. The van der Waals surface area contributed by atoms with Gasteiger partial charge in [0.05, 0.1) is 11.9 Å². The maximum atomic E-state index is 12.7. The molecular weight excluding hydrogens is 436 g/mol. The predicted molar refractivity (Wildman–Crippen MR) is 124 cm³/mol. The molecule has 2 amide bonds. The summed E-state index contributed by atoms with van der Waals surface area (Å²) in [4.78, 5) is 36.6. The van der Waals surface area contributed by atoms with E-state index >= 15 is 0 Å². The van der Waals surface area contributed by atoms with Gasteiger partial charge in [0.1, 0.15) is 18.3 Å². The van der Waals surface area contributed by atoms with E-state index in [1.165, 1.54) is 17.9 Å². The SMILES string of the molecule is C#CCC(NC(=O)c1c(NC(=O)OCC2c3ccccc3-c3ccccc32)cnn1C)C(=O)O. The molecule has 0 spiro atoms. The molecule has 0 aliphatic heterocycles. The number of nitrogens with one attached hydrogen (secondary N) is 2. The Morgan fingerprint density at radius 1 is 1.15 bits per heavy atom. The minimum atomic E-state index is -1.27. The zero-order valence-electron chi connectivity index (χ0n) is 18.3. The second kappa shape index (κ2) is 9.50. The monoisotopic (exact) mass is 458 g/mol. The molecule has 3 N–H and O–H groups in total. The molecule has 0 saturated carbocycles. The molecule has 1 aromatic heterocycles. The van der Waals surface area contributed by atoms with Gasteiger partial charge in [-0.1, -0.05) is 48.5 Å². The van der Waals surface area contributed by atoms with Crippen LogP contribution in [0.4, 0.5) is 10.5 Å². The third-order valence-corrected chi connectivity index (χ3v) is 5.66. The Kier molecular flexibility index (Phi) is 6.32. The van der Waals surface area contributed by atoms with Crippen LogP contribution >= 0.6 is 0 Å². The minimum Gasteiger partial charge on any atom is -0.480 e. The molecule has 4 rings (SSSR count). The van der Waals surface area contributed by atoms with Gasteiger partial charge in [0.2, 0.25) is 0 Å². The van der Waals surface area contributed by atoms with Gasteiger partial charge in [0.15, 0.2) is 0 Å². The van der Waals surface area contributed by atoms with Crippen LogP contribution in [0.1, 0.15) is 34.0 Å². The summed E-state index contributed by atoms with van der Waals surface area (Å²) < 4.78 is 6.73. The summed E-state index contributed by atoms with van der Waals surface area (Å²) in [6.45, 7) is 0.102. The number of nitrogens with zero attached hydrogens (tertiary/aromatic N) is 2. The number of benzene rings is 2. The van der Waals surface area contributed by atoms with Gasteiger partial charge in [-0.05, 0) is 22.3 Å². The Morgan fingerprint density at radius 3 is 2.35 bits per heavy atom. The number of carboxylic acids is 1. The van der Waals surface area contributed by atoms with E-state index < -0.39 is 24.0 Å². The van der Waals surface area contributed by atoms with E-state index in [2.05, 4.69) is 21.7 Å². The fraction of sp³-hybridized carbons (Fsp3) is 0.200. The molecule has 9 nitrogen and oxygen atoms in total. The summed E-state index contributed by atoms with van der Waals surface area (Å²) in [6.07, 6.45) is 5.51. The van der Waals surface area contributed by atoms with Crippen molar-refractivity contribution in [2.45, 2.75) is 18.4 Å². The number of anilines is 1. The molecule has 1 aliphatic rings. The number of amides is 2. The van der Waals surface area contributed by atoms with Crippen LogP contribution in [0, 0.1) is 12.3 Å². The van der Waals surface area contributed by atoms with Crippen LogP contribution in [0.15, 0.2) is 54.7 Å². The van der Waals surface area contributed by atoms with Crippen LogP contribution in [0.2, 0.25) is 0 Å². The first-order valence-corrected chi connectivity index (χ1v) is 10.5. The van der Waals surface area contributed by atoms with Crippen molar-refractivity contribution in [1.29, 1.82) is 0 Å². The molecule has 2 aromatic carbocycles. The van der Waals surface area contributed by atoms with Crippen LogP contribution in [-0.4, -0.2) is 45.5 Å². The Balaban J connectivity index is 1.46. The van der Waals surface area contributed by atoms with E-state index in [1.807, 2.05) is 48.5 Å². The number of carboxylic acid groups (broad SMARTS) is 1. The van der Waals surface area contributed by atoms with Crippen LogP contribution in [0.5, 0.6) is 0 Å². The largest absolute Gasteiger partial charge is 0.480 e. The van der Waals surface area contributed by atoms with Gasteiger partial charge in [-0.3, -0.25) is 14.8 Å². The molecule has 0 fully saturated rings. The maximum absolute atomic E-state index is 12.7. The molecule has 3 aromatic rings. The van der Waals surface area contributed by atoms with Gasteiger partial charge in [-0.25, -0.2) is 9.59 Å². The molecule has 1 atom stereocenters. The van der Waals surface area contributed by atoms with E-state index in [4.69, 9.17) is 11.2 Å². The van der Waals surface area contributed by atoms with Crippen LogP contribution in [0.3, 0.4) is 0 Å². The molecular formula is C25H22N4O5. The first kappa shape index (κ1) is 22.6. The topological polar surface area (TPSA) is 123 Å². The first-order valence-electron chi connectivity index (χ1n) is 10.5. The molecule has 9 heteroatoms. The lowest BCUT2D eigenvalue weighted by molar-refractivity contribution is -0.139. The number of aliphatic carboxylic acids is 1. The van der Waals surface area contributed by atoms with Crippen molar-refractivity contribution >= 4 is 23.7 Å². The first-order chi connectivity index (χ1) is 16.4. The maximum Gasteiger partial charge on any atom is 0.411 e. The lowest BCUT2D eigenvalue weighted by Gasteiger charge is -2.15. The van der Waals surface area contributed by atoms with Crippen molar-refractivity contribution < 1.29 is 24.2 Å². The Labute approximate surface area is 195 Å².